The Balaban J connectivity index is 1.87. The Morgan fingerprint density at radius 3 is 3.00 bits per heavy atom. The van der Waals surface area contributed by atoms with Gasteiger partial charge in [-0.3, -0.25) is 9.78 Å². The van der Waals surface area contributed by atoms with E-state index in [1.54, 1.807) is 24.5 Å². The Morgan fingerprint density at radius 2 is 2.24 bits per heavy atom. The van der Waals surface area contributed by atoms with Crippen molar-refractivity contribution in [1.29, 1.82) is 0 Å². The molecular weight excluding hydrogens is 410 g/mol. The average Bonchev–Trinajstić information content (AvgIpc) is 3.04. The lowest BCUT2D eigenvalue weighted by molar-refractivity contribution is -0.125. The summed E-state index contributed by atoms with van der Waals surface area (Å²) in [6, 6.07) is 4.91. The Labute approximate surface area is 154 Å². The van der Waals surface area contributed by atoms with Crippen molar-refractivity contribution in [3.05, 3.63) is 35.1 Å². The molecule has 2 heterocycles. The maximum absolute atomic E-state index is 13.1. The molecule has 0 spiro atoms. The Bertz CT molecular complexity index is 898. The van der Waals surface area contributed by atoms with Gasteiger partial charge in [-0.2, -0.15) is 4.31 Å². The average molecular weight is 428 g/mol. The van der Waals surface area contributed by atoms with Gasteiger partial charge in [-0.25, -0.2) is 8.42 Å². The predicted octanol–water partition coefficient (Wildman–Crippen LogP) is 1.52. The number of pyridine rings is 1. The summed E-state index contributed by atoms with van der Waals surface area (Å²) in [5.41, 5.74) is 0. The van der Waals surface area contributed by atoms with Gasteiger partial charge in [0.25, 0.3) is 0 Å². The zero-order chi connectivity index (χ0) is 18.0. The molecule has 1 fully saturated rings. The van der Waals surface area contributed by atoms with Crippen molar-refractivity contribution in [3.8, 4) is 0 Å². The van der Waals surface area contributed by atoms with Gasteiger partial charge in [0.05, 0.1) is 4.90 Å². The Morgan fingerprint density at radius 1 is 1.44 bits per heavy atom. The van der Waals surface area contributed by atoms with Crippen molar-refractivity contribution in [2.24, 2.45) is 0 Å². The summed E-state index contributed by atoms with van der Waals surface area (Å²) in [7, 11) is -2.23. The minimum Gasteiger partial charge on any atom is -0.375 e. The molecule has 0 radical (unpaired) electrons. The number of carbonyl (C=O) groups is 1. The van der Waals surface area contributed by atoms with Gasteiger partial charge in [0.15, 0.2) is 0 Å². The number of benzene rings is 1. The second kappa shape index (κ2) is 7.36. The molecule has 1 aliphatic heterocycles. The van der Waals surface area contributed by atoms with Gasteiger partial charge in [0, 0.05) is 53.9 Å². The number of methoxy groups -OCH3 is 1. The van der Waals surface area contributed by atoms with Crippen molar-refractivity contribution < 1.29 is 17.9 Å². The number of amides is 1. The number of halogens is 1. The van der Waals surface area contributed by atoms with Crippen LogP contribution in [0.2, 0.25) is 0 Å². The van der Waals surface area contributed by atoms with Crippen molar-refractivity contribution in [2.75, 3.05) is 26.8 Å². The zero-order valence-corrected chi connectivity index (χ0v) is 16.0. The van der Waals surface area contributed by atoms with E-state index < -0.39 is 10.0 Å². The molecule has 1 aromatic heterocycles. The van der Waals surface area contributed by atoms with Crippen molar-refractivity contribution in [1.82, 2.24) is 14.6 Å². The lowest BCUT2D eigenvalue weighted by atomic mass is 10.2. The number of hydrogen-bond acceptors (Lipinski definition) is 5. The van der Waals surface area contributed by atoms with Gasteiger partial charge in [-0.1, -0.05) is 12.1 Å². The molecule has 7 nitrogen and oxygen atoms in total. The molecule has 3 rings (SSSR count). The highest BCUT2D eigenvalue weighted by atomic mass is 79.9. The largest absolute Gasteiger partial charge is 0.375 e. The van der Waals surface area contributed by atoms with E-state index in [4.69, 9.17) is 4.74 Å². The van der Waals surface area contributed by atoms with Crippen molar-refractivity contribution in [2.45, 2.75) is 17.4 Å². The van der Waals surface area contributed by atoms with Crippen LogP contribution < -0.4 is 5.32 Å². The van der Waals surface area contributed by atoms with E-state index in [2.05, 4.69) is 26.2 Å². The normalized spacial score (nSPS) is 18.6. The van der Waals surface area contributed by atoms with Crippen LogP contribution in [0.5, 0.6) is 0 Å². The van der Waals surface area contributed by atoms with Gasteiger partial charge >= 0.3 is 0 Å². The lowest BCUT2D eigenvalue weighted by Crippen LogP contribution is -2.40. The molecule has 0 bridgehead atoms. The van der Waals surface area contributed by atoms with Gasteiger partial charge < -0.3 is 10.1 Å². The van der Waals surface area contributed by atoms with Crippen LogP contribution in [0.4, 0.5) is 0 Å². The monoisotopic (exact) mass is 427 g/mol. The Hall–Kier alpha value is -1.55. The van der Waals surface area contributed by atoms with Crippen LogP contribution in [0, 0.1) is 0 Å². The van der Waals surface area contributed by atoms with E-state index in [1.165, 1.54) is 11.4 Å². The predicted molar refractivity (Wildman–Crippen MR) is 96.6 cm³/mol. The quantitative estimate of drug-likeness (QED) is 0.781. The smallest absolute Gasteiger partial charge is 0.246 e. The molecule has 1 atom stereocenters. The first kappa shape index (κ1) is 18.2. The summed E-state index contributed by atoms with van der Waals surface area (Å²) in [5, 5.41) is 4.16. The SMILES string of the molecule is COCC(=O)NC1CCN(S(=O)(=O)c2cccc3cncc(Br)c23)C1. The summed E-state index contributed by atoms with van der Waals surface area (Å²) in [4.78, 5) is 15.9. The number of fused-ring (bicyclic) bond motifs is 1. The first-order valence-corrected chi connectivity index (χ1v) is 9.97. The van der Waals surface area contributed by atoms with Crippen LogP contribution in [-0.2, 0) is 19.6 Å². The zero-order valence-electron chi connectivity index (χ0n) is 13.6. The third kappa shape index (κ3) is 3.69. The summed E-state index contributed by atoms with van der Waals surface area (Å²) in [5.74, 6) is -0.245. The second-order valence-electron chi connectivity index (χ2n) is 5.82. The first-order chi connectivity index (χ1) is 11.9. The fraction of sp³-hybridized carbons (Fsp3) is 0.375. The number of nitrogens with one attached hydrogen (secondary N) is 1. The molecule has 2 aromatic rings. The molecular formula is C16H18BrN3O4S. The van der Waals surface area contributed by atoms with Gasteiger partial charge in [-0.15, -0.1) is 0 Å². The molecule has 1 N–H and O–H groups in total. The summed E-state index contributed by atoms with van der Waals surface area (Å²) in [6.07, 6.45) is 3.79. The molecule has 1 saturated heterocycles. The van der Waals surface area contributed by atoms with Gasteiger partial charge in [-0.05, 0) is 28.4 Å². The van der Waals surface area contributed by atoms with E-state index in [-0.39, 0.29) is 30.0 Å². The molecule has 25 heavy (non-hydrogen) atoms. The maximum atomic E-state index is 13.1. The number of sulfonamides is 1. The number of carbonyl (C=O) groups excluding carboxylic acids is 1. The molecule has 1 aromatic carbocycles. The van der Waals surface area contributed by atoms with Crippen LogP contribution in [-0.4, -0.2) is 56.5 Å². The number of ether oxygens (including phenoxy) is 1. The van der Waals surface area contributed by atoms with Crippen molar-refractivity contribution >= 4 is 42.6 Å². The highest BCUT2D eigenvalue weighted by Crippen LogP contribution is 2.32. The molecule has 1 amide bonds. The standard InChI is InChI=1S/C16H18BrN3O4S/c1-24-10-15(21)19-12-5-6-20(9-12)25(22,23)14-4-2-3-11-7-18-8-13(17)16(11)14/h2-4,7-8,12H,5-6,9-10H2,1H3,(H,19,21). The number of nitrogens with zero attached hydrogens (tertiary/aromatic N) is 2. The molecule has 9 heteroatoms. The highest BCUT2D eigenvalue weighted by Gasteiger charge is 2.34. The highest BCUT2D eigenvalue weighted by molar-refractivity contribution is 9.10. The Kier molecular flexibility index (Phi) is 5.38. The third-order valence-electron chi connectivity index (χ3n) is 4.11. The molecule has 1 unspecified atom stereocenters. The molecule has 1 aliphatic rings. The van der Waals surface area contributed by atoms with Crippen LogP contribution in [0.25, 0.3) is 10.8 Å². The number of rotatable bonds is 5. The van der Waals surface area contributed by atoms with E-state index in [1.807, 2.05) is 6.07 Å². The summed E-state index contributed by atoms with van der Waals surface area (Å²) < 4.78 is 33.0. The van der Waals surface area contributed by atoms with Crippen LogP contribution in [0.15, 0.2) is 40.0 Å². The van der Waals surface area contributed by atoms with Crippen LogP contribution in [0.1, 0.15) is 6.42 Å². The van der Waals surface area contributed by atoms with Gasteiger partial charge in [0.2, 0.25) is 15.9 Å². The summed E-state index contributed by atoms with van der Waals surface area (Å²) in [6.45, 7) is 0.572. The topological polar surface area (TPSA) is 88.6 Å². The fourth-order valence-electron chi connectivity index (χ4n) is 2.98. The molecule has 0 aliphatic carbocycles. The number of hydrogen-bond donors (Lipinski definition) is 1. The van der Waals surface area contributed by atoms with Crippen molar-refractivity contribution in [3.63, 3.8) is 0 Å². The fourth-order valence-corrected chi connectivity index (χ4v) is 5.41. The van der Waals surface area contributed by atoms with Gasteiger partial charge in [0.1, 0.15) is 6.61 Å². The lowest BCUT2D eigenvalue weighted by Gasteiger charge is -2.18. The molecule has 0 saturated carbocycles. The first-order valence-electron chi connectivity index (χ1n) is 7.74. The van der Waals surface area contributed by atoms with E-state index in [9.17, 15) is 13.2 Å². The van der Waals surface area contributed by atoms with Crippen LogP contribution >= 0.6 is 15.9 Å². The van der Waals surface area contributed by atoms with E-state index in [0.717, 1.165) is 5.39 Å². The third-order valence-corrected chi connectivity index (χ3v) is 6.62. The second-order valence-corrected chi connectivity index (χ2v) is 8.59. The van der Waals surface area contributed by atoms with E-state index >= 15 is 0 Å². The van der Waals surface area contributed by atoms with E-state index in [0.29, 0.717) is 22.8 Å². The minimum atomic E-state index is -3.68. The number of aromatic nitrogens is 1. The summed E-state index contributed by atoms with van der Waals surface area (Å²) >= 11 is 3.39. The maximum Gasteiger partial charge on any atom is 0.246 e. The molecule has 134 valence electrons. The minimum absolute atomic E-state index is 0.0352. The van der Waals surface area contributed by atoms with Crippen LogP contribution in [0.3, 0.4) is 0 Å².